The summed E-state index contributed by atoms with van der Waals surface area (Å²) in [4.78, 5) is 5.05. The van der Waals surface area contributed by atoms with Crippen molar-refractivity contribution in [2.75, 3.05) is 4.90 Å². The van der Waals surface area contributed by atoms with Crippen molar-refractivity contribution < 1.29 is 4.74 Å². The summed E-state index contributed by atoms with van der Waals surface area (Å²) in [5.41, 5.74) is 5.61. The van der Waals surface area contributed by atoms with Crippen LogP contribution in [0.2, 0.25) is 0 Å². The summed E-state index contributed by atoms with van der Waals surface area (Å²) < 4.78 is 6.35. The van der Waals surface area contributed by atoms with E-state index in [1.54, 1.807) is 0 Å². The van der Waals surface area contributed by atoms with E-state index < -0.39 is 16.1 Å². The van der Waals surface area contributed by atoms with Gasteiger partial charge in [-0.05, 0) is 101 Å². The van der Waals surface area contributed by atoms with Gasteiger partial charge in [0, 0.05) is 15.5 Å². The van der Waals surface area contributed by atoms with Crippen molar-refractivity contribution in [3.8, 4) is 22.6 Å². The Morgan fingerprint density at radius 3 is 1.36 bits per heavy atom. The van der Waals surface area contributed by atoms with Gasteiger partial charge in [0.15, 0.2) is 27.6 Å². The van der Waals surface area contributed by atoms with Crippen LogP contribution in [-0.4, -0.2) is 16.1 Å². The first kappa shape index (κ1) is 34.4. The molecule has 0 amide bonds. The number of hydrogen-bond donors (Lipinski definition) is 0. The van der Waals surface area contributed by atoms with Crippen molar-refractivity contribution in [2.45, 2.75) is 9.79 Å². The highest BCUT2D eigenvalue weighted by Gasteiger charge is 2.58. The van der Waals surface area contributed by atoms with E-state index in [-0.39, 0.29) is 0 Å². The van der Waals surface area contributed by atoms with Crippen LogP contribution < -0.4 is 51.1 Å². The van der Waals surface area contributed by atoms with Crippen molar-refractivity contribution >= 4 is 86.5 Å². The standard InChI is InChI=1S/C54H37NOSSi2/c1-3-17-41(18-4-1)58(42-19-5-2-6-20-42)51-29-15-16-30-52(51)59(49-27-13-11-25-47(49)57-48-26-12-14-28-50(48)59)54-37-39(33-36-53(54)58)38-31-34-40(35-32-38)55-43-21-7-9-23-45(43)56-46-24-10-8-22-44(46)55/h1-37H. The largest absolute Gasteiger partial charge is 0.453 e. The normalized spacial score (nSPS) is 14.7. The Hall–Kier alpha value is -6.64. The van der Waals surface area contributed by atoms with E-state index in [2.05, 4.69) is 205 Å². The topological polar surface area (TPSA) is 12.5 Å². The highest BCUT2D eigenvalue weighted by atomic mass is 32.2. The first-order chi connectivity index (χ1) is 29.3. The summed E-state index contributed by atoms with van der Waals surface area (Å²) in [5, 5.41) is 11.8. The van der Waals surface area contributed by atoms with Gasteiger partial charge in [0.1, 0.15) is 0 Å². The predicted octanol–water partition coefficient (Wildman–Crippen LogP) is 8.46. The lowest BCUT2D eigenvalue weighted by Gasteiger charge is -2.50. The molecule has 0 radical (unpaired) electrons. The molecule has 0 aliphatic carbocycles. The van der Waals surface area contributed by atoms with E-state index in [1.165, 1.54) is 62.4 Å². The summed E-state index contributed by atoms with van der Waals surface area (Å²) in [5.74, 6) is 1.72. The van der Waals surface area contributed by atoms with E-state index >= 15 is 0 Å². The molecule has 0 saturated heterocycles. The Balaban J connectivity index is 1.14. The van der Waals surface area contributed by atoms with Crippen molar-refractivity contribution in [1.82, 2.24) is 0 Å². The monoisotopic (exact) mass is 803 g/mol. The molecule has 0 bridgehead atoms. The molecule has 3 heterocycles. The average Bonchev–Trinajstić information content (AvgIpc) is 3.31. The Morgan fingerprint density at radius 1 is 0.339 bits per heavy atom. The van der Waals surface area contributed by atoms with Crippen molar-refractivity contribution in [1.29, 1.82) is 0 Å². The molecule has 2 nitrogen and oxygen atoms in total. The van der Waals surface area contributed by atoms with Crippen LogP contribution in [0.3, 0.4) is 0 Å². The molecule has 12 rings (SSSR count). The zero-order valence-corrected chi connectivity index (χ0v) is 34.9. The number of para-hydroxylation sites is 4. The lowest BCUT2D eigenvalue weighted by molar-refractivity contribution is 0.477. The van der Waals surface area contributed by atoms with Gasteiger partial charge in [0.25, 0.3) is 0 Å². The van der Waals surface area contributed by atoms with Gasteiger partial charge in [-0.2, -0.15) is 0 Å². The zero-order chi connectivity index (χ0) is 39.0. The van der Waals surface area contributed by atoms with E-state index in [0.29, 0.717) is 0 Å². The van der Waals surface area contributed by atoms with Crippen LogP contribution in [0, 0.1) is 0 Å². The van der Waals surface area contributed by atoms with E-state index in [0.717, 1.165) is 28.6 Å². The fourth-order valence-electron chi connectivity index (χ4n) is 10.3. The minimum absolute atomic E-state index is 0.858. The lowest BCUT2D eigenvalue weighted by Crippen LogP contribution is -2.93. The minimum atomic E-state index is -2.90. The molecule has 0 unspecified atom stereocenters. The van der Waals surface area contributed by atoms with Gasteiger partial charge in [0.2, 0.25) is 0 Å². The van der Waals surface area contributed by atoms with Crippen LogP contribution in [-0.2, 0) is 0 Å². The number of nitrogens with zero attached hydrogens (tertiary/aromatic N) is 1. The molecule has 0 saturated carbocycles. The van der Waals surface area contributed by atoms with Crippen LogP contribution in [0.1, 0.15) is 0 Å². The summed E-state index contributed by atoms with van der Waals surface area (Å²) >= 11 is 1.93. The highest BCUT2D eigenvalue weighted by Crippen LogP contribution is 2.50. The molecule has 0 fully saturated rings. The molecule has 5 heteroatoms. The van der Waals surface area contributed by atoms with Gasteiger partial charge in [-0.1, -0.05) is 188 Å². The fourth-order valence-corrected chi connectivity index (χ4v) is 24.6. The third kappa shape index (κ3) is 4.93. The molecule has 3 aliphatic rings. The molecule has 59 heavy (non-hydrogen) atoms. The maximum atomic E-state index is 6.35. The van der Waals surface area contributed by atoms with Gasteiger partial charge >= 0.3 is 0 Å². The molecular weight excluding hydrogens is 767 g/mol. The Kier molecular flexibility index (Phi) is 7.85. The smallest absolute Gasteiger partial charge is 0.181 e. The summed E-state index contributed by atoms with van der Waals surface area (Å²) in [7, 11) is -5.74. The Morgan fingerprint density at radius 2 is 0.780 bits per heavy atom. The molecular formula is C54H37NOSSi2. The third-order valence-electron chi connectivity index (χ3n) is 12.7. The van der Waals surface area contributed by atoms with Gasteiger partial charge in [-0.15, -0.1) is 0 Å². The maximum absolute atomic E-state index is 6.35. The quantitative estimate of drug-likeness (QED) is 0.166. The predicted molar refractivity (Wildman–Crippen MR) is 252 cm³/mol. The van der Waals surface area contributed by atoms with Gasteiger partial charge in [-0.25, -0.2) is 0 Å². The lowest BCUT2D eigenvalue weighted by atomic mass is 10.0. The average molecular weight is 804 g/mol. The van der Waals surface area contributed by atoms with Crippen LogP contribution in [0.15, 0.2) is 234 Å². The molecule has 0 N–H and O–H groups in total. The van der Waals surface area contributed by atoms with Crippen molar-refractivity contribution in [3.05, 3.63) is 224 Å². The Bertz CT molecular complexity index is 2950. The minimum Gasteiger partial charge on any atom is -0.453 e. The maximum Gasteiger partial charge on any atom is 0.181 e. The molecule has 3 aliphatic heterocycles. The van der Waals surface area contributed by atoms with Crippen LogP contribution in [0.4, 0.5) is 17.1 Å². The van der Waals surface area contributed by atoms with Gasteiger partial charge < -0.3 is 9.64 Å². The number of benzene rings is 9. The third-order valence-corrected chi connectivity index (χ3v) is 24.5. The SMILES string of the molecule is c1ccc([Si]2(c3ccccc3)c3ccccc3[Si]3(c4ccccc4Sc4ccccc43)c3cc(-c4ccc(N5c6ccccc6Oc6ccccc65)cc4)ccc32)cc1. The molecule has 9 aromatic carbocycles. The van der Waals surface area contributed by atoms with Crippen LogP contribution in [0.5, 0.6) is 11.5 Å². The summed E-state index contributed by atoms with van der Waals surface area (Å²) in [6.45, 7) is 0. The number of hydrogen-bond acceptors (Lipinski definition) is 3. The van der Waals surface area contributed by atoms with Gasteiger partial charge in [-0.3, -0.25) is 0 Å². The second-order valence-corrected chi connectivity index (χ2v) is 24.0. The fraction of sp³-hybridized carbons (Fsp3) is 0. The zero-order valence-electron chi connectivity index (χ0n) is 32.1. The molecule has 278 valence electrons. The van der Waals surface area contributed by atoms with Gasteiger partial charge in [0.05, 0.1) is 11.4 Å². The number of fused-ring (bicyclic) bond motifs is 10. The second kappa shape index (κ2) is 13.5. The highest BCUT2D eigenvalue weighted by molar-refractivity contribution is 8.00. The van der Waals surface area contributed by atoms with Crippen LogP contribution >= 0.6 is 11.8 Å². The molecule has 0 aromatic heterocycles. The summed E-state index contributed by atoms with van der Waals surface area (Å²) in [6, 6.07) is 84.3. The van der Waals surface area contributed by atoms with Crippen molar-refractivity contribution in [2.24, 2.45) is 0 Å². The van der Waals surface area contributed by atoms with E-state index in [4.69, 9.17) is 4.74 Å². The Labute approximate surface area is 351 Å². The summed E-state index contributed by atoms with van der Waals surface area (Å²) in [6.07, 6.45) is 0. The number of ether oxygens (including phenoxy) is 1. The van der Waals surface area contributed by atoms with E-state index in [9.17, 15) is 0 Å². The molecule has 0 atom stereocenters. The van der Waals surface area contributed by atoms with Crippen molar-refractivity contribution in [3.63, 3.8) is 0 Å². The van der Waals surface area contributed by atoms with E-state index in [1.807, 2.05) is 36.0 Å². The number of anilines is 3. The second-order valence-electron chi connectivity index (χ2n) is 15.6. The first-order valence-corrected chi connectivity index (χ1v) is 25.1. The molecule has 1 spiro atoms. The first-order valence-electron chi connectivity index (χ1n) is 20.3. The molecule has 9 aromatic rings. The van der Waals surface area contributed by atoms with Crippen LogP contribution in [0.25, 0.3) is 11.1 Å². The number of rotatable bonds is 4.